The molecule has 0 fully saturated rings. The van der Waals surface area contributed by atoms with Crippen LogP contribution >= 0.6 is 11.6 Å². The van der Waals surface area contributed by atoms with Gasteiger partial charge in [-0.1, -0.05) is 23.7 Å². The van der Waals surface area contributed by atoms with E-state index in [9.17, 15) is 9.59 Å². The standard InChI is InChI=1S/C17H14ClN3O3/c18-14-6-3-11(9-19)7-13(14)16(22)21-12-4-1-10(2-5-12)8-15(20)17(23)24/h1-7,15H,8,20H2,(H,21,22)(H,23,24)/t15-/m0/s1. The SMILES string of the molecule is N#Cc1ccc(Cl)c(C(=O)Nc2ccc(C[C@H](N)C(=O)O)cc2)c1. The molecular formula is C17H14ClN3O3. The summed E-state index contributed by atoms with van der Waals surface area (Å²) in [6.07, 6.45) is 0.194. The fraction of sp³-hybridized carbons (Fsp3) is 0.118. The zero-order valence-corrected chi connectivity index (χ0v) is 13.2. The van der Waals surface area contributed by atoms with Gasteiger partial charge in [0.1, 0.15) is 6.04 Å². The van der Waals surface area contributed by atoms with Gasteiger partial charge in [0.2, 0.25) is 0 Å². The largest absolute Gasteiger partial charge is 0.480 e. The smallest absolute Gasteiger partial charge is 0.320 e. The predicted octanol–water partition coefficient (Wildman–Crippen LogP) is 2.42. The lowest BCUT2D eigenvalue weighted by molar-refractivity contribution is -0.138. The zero-order valence-electron chi connectivity index (χ0n) is 12.5. The Labute approximate surface area is 143 Å². The van der Waals surface area contributed by atoms with Crippen LogP contribution < -0.4 is 11.1 Å². The first-order valence-corrected chi connectivity index (χ1v) is 7.37. The minimum Gasteiger partial charge on any atom is -0.480 e. The van der Waals surface area contributed by atoms with E-state index in [1.165, 1.54) is 18.2 Å². The Morgan fingerprint density at radius 1 is 1.25 bits per heavy atom. The van der Waals surface area contributed by atoms with E-state index in [0.29, 0.717) is 11.3 Å². The maximum atomic E-state index is 12.3. The molecule has 0 heterocycles. The van der Waals surface area contributed by atoms with Gasteiger partial charge in [-0.05, 0) is 42.3 Å². The summed E-state index contributed by atoms with van der Waals surface area (Å²) in [5, 5.41) is 20.6. The van der Waals surface area contributed by atoms with Crippen LogP contribution in [0.15, 0.2) is 42.5 Å². The van der Waals surface area contributed by atoms with E-state index in [4.69, 9.17) is 27.7 Å². The number of carboxylic acids is 1. The third-order valence-corrected chi connectivity index (χ3v) is 3.65. The molecule has 0 saturated carbocycles. The average Bonchev–Trinajstić information content (AvgIpc) is 2.56. The van der Waals surface area contributed by atoms with Crippen molar-refractivity contribution in [1.82, 2.24) is 0 Å². The number of nitrogens with zero attached hydrogens (tertiary/aromatic N) is 1. The van der Waals surface area contributed by atoms with Crippen LogP contribution in [0.5, 0.6) is 0 Å². The van der Waals surface area contributed by atoms with Gasteiger partial charge in [0.15, 0.2) is 0 Å². The van der Waals surface area contributed by atoms with Crippen molar-refractivity contribution in [1.29, 1.82) is 5.26 Å². The first kappa shape index (κ1) is 17.5. The number of carbonyl (C=O) groups excluding carboxylic acids is 1. The molecule has 7 heteroatoms. The number of benzene rings is 2. The van der Waals surface area contributed by atoms with Crippen molar-refractivity contribution in [3.8, 4) is 6.07 Å². The molecule has 0 aliphatic heterocycles. The maximum Gasteiger partial charge on any atom is 0.320 e. The lowest BCUT2D eigenvalue weighted by atomic mass is 10.1. The van der Waals surface area contributed by atoms with E-state index in [2.05, 4.69) is 5.32 Å². The number of nitriles is 1. The van der Waals surface area contributed by atoms with Crippen LogP contribution in [0.4, 0.5) is 5.69 Å². The van der Waals surface area contributed by atoms with Gasteiger partial charge in [-0.3, -0.25) is 9.59 Å². The monoisotopic (exact) mass is 343 g/mol. The van der Waals surface area contributed by atoms with E-state index in [-0.39, 0.29) is 17.0 Å². The van der Waals surface area contributed by atoms with Crippen molar-refractivity contribution < 1.29 is 14.7 Å². The second kappa shape index (κ2) is 7.59. The molecule has 0 radical (unpaired) electrons. The Balaban J connectivity index is 2.10. The molecule has 2 aromatic rings. The van der Waals surface area contributed by atoms with E-state index in [0.717, 1.165) is 5.56 Å². The lowest BCUT2D eigenvalue weighted by Gasteiger charge is -2.09. The molecule has 1 atom stereocenters. The Morgan fingerprint density at radius 3 is 2.50 bits per heavy atom. The van der Waals surface area contributed by atoms with Gasteiger partial charge in [0, 0.05) is 5.69 Å². The van der Waals surface area contributed by atoms with Crippen LogP contribution in [0.1, 0.15) is 21.5 Å². The summed E-state index contributed by atoms with van der Waals surface area (Å²) in [6.45, 7) is 0. The Hall–Kier alpha value is -2.88. The molecule has 0 bridgehead atoms. The van der Waals surface area contributed by atoms with Crippen LogP contribution in [0.25, 0.3) is 0 Å². The molecule has 2 rings (SSSR count). The van der Waals surface area contributed by atoms with Gasteiger partial charge in [-0.15, -0.1) is 0 Å². The lowest BCUT2D eigenvalue weighted by Crippen LogP contribution is -2.32. The van der Waals surface area contributed by atoms with E-state index in [1.807, 2.05) is 6.07 Å². The van der Waals surface area contributed by atoms with Gasteiger partial charge in [-0.25, -0.2) is 0 Å². The normalized spacial score (nSPS) is 11.4. The molecule has 0 saturated heterocycles. The summed E-state index contributed by atoms with van der Waals surface area (Å²) in [6, 6.07) is 12.1. The van der Waals surface area contributed by atoms with E-state index in [1.54, 1.807) is 24.3 Å². The highest BCUT2D eigenvalue weighted by Crippen LogP contribution is 2.19. The second-order valence-electron chi connectivity index (χ2n) is 5.11. The van der Waals surface area contributed by atoms with Crippen molar-refractivity contribution in [3.63, 3.8) is 0 Å². The topological polar surface area (TPSA) is 116 Å². The van der Waals surface area contributed by atoms with E-state index < -0.39 is 17.9 Å². The first-order valence-electron chi connectivity index (χ1n) is 6.99. The maximum absolute atomic E-state index is 12.3. The molecule has 0 aromatic heterocycles. The number of nitrogens with one attached hydrogen (secondary N) is 1. The van der Waals surface area contributed by atoms with Gasteiger partial charge in [-0.2, -0.15) is 5.26 Å². The Kier molecular flexibility index (Phi) is 5.53. The number of anilines is 1. The third-order valence-electron chi connectivity index (χ3n) is 3.32. The van der Waals surface area contributed by atoms with Crippen molar-refractivity contribution in [2.24, 2.45) is 5.73 Å². The number of carbonyl (C=O) groups is 2. The third kappa shape index (κ3) is 4.32. The number of hydrogen-bond acceptors (Lipinski definition) is 4. The highest BCUT2D eigenvalue weighted by atomic mass is 35.5. The summed E-state index contributed by atoms with van der Waals surface area (Å²) in [4.78, 5) is 23.0. The summed E-state index contributed by atoms with van der Waals surface area (Å²) in [7, 11) is 0. The van der Waals surface area contributed by atoms with Gasteiger partial charge >= 0.3 is 5.97 Å². The second-order valence-corrected chi connectivity index (χ2v) is 5.51. The van der Waals surface area contributed by atoms with Crippen molar-refractivity contribution in [2.45, 2.75) is 12.5 Å². The van der Waals surface area contributed by atoms with Crippen LogP contribution in [0, 0.1) is 11.3 Å². The number of amides is 1. The minimum absolute atomic E-state index is 0.194. The molecule has 1 amide bonds. The highest BCUT2D eigenvalue weighted by Gasteiger charge is 2.13. The van der Waals surface area contributed by atoms with Crippen LogP contribution in [0.3, 0.4) is 0 Å². The number of rotatable bonds is 5. The predicted molar refractivity (Wildman–Crippen MR) is 89.9 cm³/mol. The molecule has 0 unspecified atom stereocenters. The molecule has 4 N–H and O–H groups in total. The summed E-state index contributed by atoms with van der Waals surface area (Å²) in [5.74, 6) is -1.51. The molecule has 122 valence electrons. The number of hydrogen-bond donors (Lipinski definition) is 3. The van der Waals surface area contributed by atoms with Crippen molar-refractivity contribution >= 4 is 29.2 Å². The van der Waals surface area contributed by atoms with Gasteiger partial charge in [0.05, 0.1) is 22.2 Å². The summed E-state index contributed by atoms with van der Waals surface area (Å²) < 4.78 is 0. The quantitative estimate of drug-likeness (QED) is 0.770. The van der Waals surface area contributed by atoms with E-state index >= 15 is 0 Å². The number of halogens is 1. The Bertz CT molecular complexity index is 813. The number of carboxylic acid groups (broad SMARTS) is 1. The molecule has 0 spiro atoms. The minimum atomic E-state index is -1.07. The fourth-order valence-corrected chi connectivity index (χ4v) is 2.24. The van der Waals surface area contributed by atoms with Gasteiger partial charge < -0.3 is 16.2 Å². The van der Waals surface area contributed by atoms with Crippen molar-refractivity contribution in [3.05, 3.63) is 64.2 Å². The summed E-state index contributed by atoms with van der Waals surface area (Å²) in [5.41, 5.74) is 7.28. The molecule has 24 heavy (non-hydrogen) atoms. The summed E-state index contributed by atoms with van der Waals surface area (Å²) >= 11 is 5.99. The highest BCUT2D eigenvalue weighted by molar-refractivity contribution is 6.34. The van der Waals surface area contributed by atoms with Crippen molar-refractivity contribution in [2.75, 3.05) is 5.32 Å². The average molecular weight is 344 g/mol. The molecule has 6 nitrogen and oxygen atoms in total. The molecule has 2 aromatic carbocycles. The fourth-order valence-electron chi connectivity index (χ4n) is 2.03. The Morgan fingerprint density at radius 2 is 1.92 bits per heavy atom. The number of aliphatic carboxylic acids is 1. The van der Waals surface area contributed by atoms with Crippen LogP contribution in [-0.4, -0.2) is 23.0 Å². The van der Waals surface area contributed by atoms with Crippen LogP contribution in [-0.2, 0) is 11.2 Å². The first-order chi connectivity index (χ1) is 11.4. The molecule has 0 aliphatic rings. The molecule has 0 aliphatic carbocycles. The molecular weight excluding hydrogens is 330 g/mol. The number of nitrogens with two attached hydrogens (primary N) is 1. The zero-order chi connectivity index (χ0) is 17.7. The van der Waals surface area contributed by atoms with Gasteiger partial charge in [0.25, 0.3) is 5.91 Å². The van der Waals surface area contributed by atoms with Crippen LogP contribution in [0.2, 0.25) is 5.02 Å².